The topological polar surface area (TPSA) is 74.3 Å². The van der Waals surface area contributed by atoms with Gasteiger partial charge >= 0.3 is 12.1 Å². The highest BCUT2D eigenvalue weighted by molar-refractivity contribution is 5.82. The molecule has 0 radical (unpaired) electrons. The molecule has 0 saturated heterocycles. The van der Waals surface area contributed by atoms with Gasteiger partial charge in [0.05, 0.1) is 14.2 Å². The lowest BCUT2D eigenvalue weighted by Gasteiger charge is -2.30. The number of carbonyl (C=O) groups is 2. The van der Waals surface area contributed by atoms with E-state index in [0.717, 1.165) is 27.8 Å². The molecular weight excluding hydrogens is 494 g/mol. The highest BCUT2D eigenvalue weighted by Gasteiger charge is 2.34. The summed E-state index contributed by atoms with van der Waals surface area (Å²) < 4.78 is 22.2. The summed E-state index contributed by atoms with van der Waals surface area (Å²) in [5.41, 5.74) is 4.83. The minimum absolute atomic E-state index is 0.0681. The van der Waals surface area contributed by atoms with Crippen molar-refractivity contribution in [3.05, 3.63) is 83.4 Å². The van der Waals surface area contributed by atoms with E-state index in [2.05, 4.69) is 24.3 Å². The third-order valence-corrected chi connectivity index (χ3v) is 6.92. The van der Waals surface area contributed by atoms with Gasteiger partial charge in [-0.15, -0.1) is 0 Å². The maximum atomic E-state index is 13.3. The SMILES string of the molecule is COc1ccc(CCC(C(=O)OC(C)(C)C)N(C)C(=O)OCC2c3ccccc3-c3ccccc32)cc1OC. The van der Waals surface area contributed by atoms with E-state index in [0.29, 0.717) is 24.3 Å². The molecule has 0 heterocycles. The van der Waals surface area contributed by atoms with Crippen molar-refractivity contribution in [2.75, 3.05) is 27.9 Å². The number of rotatable bonds is 9. The molecule has 1 atom stereocenters. The van der Waals surface area contributed by atoms with E-state index in [4.69, 9.17) is 18.9 Å². The molecule has 3 aromatic rings. The minimum Gasteiger partial charge on any atom is -0.493 e. The van der Waals surface area contributed by atoms with E-state index in [1.807, 2.05) is 63.2 Å². The van der Waals surface area contributed by atoms with Crippen molar-refractivity contribution in [2.24, 2.45) is 0 Å². The lowest BCUT2D eigenvalue weighted by Crippen LogP contribution is -2.46. The van der Waals surface area contributed by atoms with Gasteiger partial charge in [-0.3, -0.25) is 4.90 Å². The number of carbonyl (C=O) groups excluding carboxylic acids is 2. The maximum Gasteiger partial charge on any atom is 0.410 e. The number of methoxy groups -OCH3 is 2. The van der Waals surface area contributed by atoms with Crippen LogP contribution in [0.25, 0.3) is 11.1 Å². The molecule has 0 saturated carbocycles. The van der Waals surface area contributed by atoms with Crippen LogP contribution in [0.4, 0.5) is 4.79 Å². The summed E-state index contributed by atoms with van der Waals surface area (Å²) in [6, 6.07) is 21.1. The largest absolute Gasteiger partial charge is 0.493 e. The average molecular weight is 532 g/mol. The molecule has 1 aliphatic rings. The Morgan fingerprint density at radius 1 is 0.872 bits per heavy atom. The molecule has 1 unspecified atom stereocenters. The third kappa shape index (κ3) is 6.36. The molecule has 206 valence electrons. The summed E-state index contributed by atoms with van der Waals surface area (Å²) >= 11 is 0. The van der Waals surface area contributed by atoms with Crippen LogP contribution < -0.4 is 9.47 Å². The highest BCUT2D eigenvalue weighted by atomic mass is 16.6. The summed E-state index contributed by atoms with van der Waals surface area (Å²) in [6.45, 7) is 5.60. The molecule has 0 aromatic heterocycles. The molecule has 0 spiro atoms. The van der Waals surface area contributed by atoms with Crippen molar-refractivity contribution < 1.29 is 28.5 Å². The smallest absolute Gasteiger partial charge is 0.410 e. The van der Waals surface area contributed by atoms with Crippen LogP contribution in [0.1, 0.15) is 49.8 Å². The number of likely N-dealkylation sites (N-methyl/N-ethyl adjacent to an activating group) is 1. The molecule has 1 amide bonds. The molecule has 39 heavy (non-hydrogen) atoms. The van der Waals surface area contributed by atoms with Gasteiger partial charge in [0.1, 0.15) is 18.2 Å². The predicted molar refractivity (Wildman–Crippen MR) is 150 cm³/mol. The zero-order chi connectivity index (χ0) is 28.2. The van der Waals surface area contributed by atoms with Crippen LogP contribution >= 0.6 is 0 Å². The quantitative estimate of drug-likeness (QED) is 0.305. The van der Waals surface area contributed by atoms with Gasteiger partial charge in [0.25, 0.3) is 0 Å². The molecule has 7 heteroatoms. The molecule has 0 fully saturated rings. The van der Waals surface area contributed by atoms with Gasteiger partial charge < -0.3 is 18.9 Å². The molecule has 0 N–H and O–H groups in total. The van der Waals surface area contributed by atoms with Gasteiger partial charge in [-0.1, -0.05) is 54.6 Å². The maximum absolute atomic E-state index is 13.3. The normalized spacial score (nSPS) is 13.2. The van der Waals surface area contributed by atoms with Crippen molar-refractivity contribution in [1.29, 1.82) is 0 Å². The molecule has 4 rings (SSSR count). The third-order valence-electron chi connectivity index (χ3n) is 6.92. The Morgan fingerprint density at radius 3 is 2.03 bits per heavy atom. The van der Waals surface area contributed by atoms with Crippen molar-refractivity contribution in [3.8, 4) is 22.6 Å². The van der Waals surface area contributed by atoms with Crippen molar-refractivity contribution in [2.45, 2.75) is 51.2 Å². The minimum atomic E-state index is -0.826. The Bertz CT molecular complexity index is 1280. The van der Waals surface area contributed by atoms with Crippen molar-refractivity contribution in [3.63, 3.8) is 0 Å². The monoisotopic (exact) mass is 531 g/mol. The Labute approximate surface area is 230 Å². The summed E-state index contributed by atoms with van der Waals surface area (Å²) in [4.78, 5) is 27.9. The van der Waals surface area contributed by atoms with Crippen LogP contribution in [-0.4, -0.2) is 56.5 Å². The van der Waals surface area contributed by atoms with E-state index in [9.17, 15) is 9.59 Å². The zero-order valence-corrected chi connectivity index (χ0v) is 23.5. The summed E-state index contributed by atoms with van der Waals surface area (Å²) in [5.74, 6) is 0.690. The standard InChI is InChI=1S/C32H37NO6/c1-32(2,3)39-30(34)27(17-15-21-16-18-28(36-5)29(19-21)37-6)33(4)31(35)38-20-26-24-13-9-7-11-22(24)23-12-8-10-14-25(23)26/h7-14,16,18-19,26-27H,15,17,20H2,1-6H3. The second-order valence-corrected chi connectivity index (χ2v) is 10.7. The van der Waals surface area contributed by atoms with Gasteiger partial charge in [0.2, 0.25) is 0 Å². The van der Waals surface area contributed by atoms with E-state index in [-0.39, 0.29) is 12.5 Å². The number of amides is 1. The van der Waals surface area contributed by atoms with Gasteiger partial charge in [-0.2, -0.15) is 0 Å². The fourth-order valence-corrected chi connectivity index (χ4v) is 5.00. The van der Waals surface area contributed by atoms with Crippen LogP contribution in [0.5, 0.6) is 11.5 Å². The average Bonchev–Trinajstić information content (AvgIpc) is 3.24. The van der Waals surface area contributed by atoms with Gasteiger partial charge in [0, 0.05) is 13.0 Å². The van der Waals surface area contributed by atoms with Gasteiger partial charge in [-0.25, -0.2) is 9.59 Å². The Morgan fingerprint density at radius 2 is 1.46 bits per heavy atom. The molecular formula is C32H37NO6. The molecule has 3 aromatic carbocycles. The van der Waals surface area contributed by atoms with Crippen LogP contribution in [0.15, 0.2) is 66.7 Å². The lowest BCUT2D eigenvalue weighted by atomic mass is 9.98. The number of hydrogen-bond acceptors (Lipinski definition) is 6. The number of hydrogen-bond donors (Lipinski definition) is 0. The Hall–Kier alpha value is -4.00. The van der Waals surface area contributed by atoms with Gasteiger partial charge in [0.15, 0.2) is 11.5 Å². The van der Waals surface area contributed by atoms with Crippen molar-refractivity contribution >= 4 is 12.1 Å². The van der Waals surface area contributed by atoms with Crippen LogP contribution in [-0.2, 0) is 20.7 Å². The molecule has 0 aliphatic heterocycles. The predicted octanol–water partition coefficient (Wildman–Crippen LogP) is 6.23. The summed E-state index contributed by atoms with van der Waals surface area (Å²) in [5, 5.41) is 0. The first-order chi connectivity index (χ1) is 18.6. The summed E-state index contributed by atoms with van der Waals surface area (Å²) in [7, 11) is 4.75. The van der Waals surface area contributed by atoms with Crippen LogP contribution in [0, 0.1) is 0 Å². The second-order valence-electron chi connectivity index (χ2n) is 10.7. The second kappa shape index (κ2) is 11.8. The Balaban J connectivity index is 1.49. The first-order valence-corrected chi connectivity index (χ1v) is 13.1. The van der Waals surface area contributed by atoms with E-state index in [1.54, 1.807) is 21.3 Å². The Kier molecular flexibility index (Phi) is 8.48. The number of benzene rings is 3. The molecule has 0 bridgehead atoms. The fraction of sp³-hybridized carbons (Fsp3) is 0.375. The number of ether oxygens (including phenoxy) is 4. The van der Waals surface area contributed by atoms with E-state index >= 15 is 0 Å². The van der Waals surface area contributed by atoms with Gasteiger partial charge in [-0.05, 0) is 73.6 Å². The number of esters is 1. The van der Waals surface area contributed by atoms with E-state index in [1.165, 1.54) is 4.90 Å². The number of nitrogens with zero attached hydrogens (tertiary/aromatic N) is 1. The molecule has 1 aliphatic carbocycles. The number of aryl methyl sites for hydroxylation is 1. The van der Waals surface area contributed by atoms with Crippen LogP contribution in [0.2, 0.25) is 0 Å². The zero-order valence-electron chi connectivity index (χ0n) is 23.5. The highest BCUT2D eigenvalue weighted by Crippen LogP contribution is 2.44. The van der Waals surface area contributed by atoms with Crippen LogP contribution in [0.3, 0.4) is 0 Å². The number of fused-ring (bicyclic) bond motifs is 3. The fourth-order valence-electron chi connectivity index (χ4n) is 5.00. The van der Waals surface area contributed by atoms with Crippen molar-refractivity contribution in [1.82, 2.24) is 4.90 Å². The first kappa shape index (κ1) is 28.0. The molecule has 7 nitrogen and oxygen atoms in total. The van der Waals surface area contributed by atoms with E-state index < -0.39 is 23.7 Å². The lowest BCUT2D eigenvalue weighted by molar-refractivity contribution is -0.160. The first-order valence-electron chi connectivity index (χ1n) is 13.1. The summed E-state index contributed by atoms with van der Waals surface area (Å²) in [6.07, 6.45) is 0.302.